The van der Waals surface area contributed by atoms with Gasteiger partial charge >= 0.3 is 5.97 Å². The van der Waals surface area contributed by atoms with Gasteiger partial charge in [0.2, 0.25) is 5.60 Å². The Balaban J connectivity index is 2.69. The molecule has 15 heavy (non-hydrogen) atoms. The van der Waals surface area contributed by atoms with Crippen LogP contribution in [0.5, 0.6) is 0 Å². The molecule has 1 aliphatic rings. The first kappa shape index (κ1) is 11.6. The highest BCUT2D eigenvalue weighted by Crippen LogP contribution is 2.29. The van der Waals surface area contributed by atoms with Gasteiger partial charge in [0.05, 0.1) is 5.71 Å². The first-order chi connectivity index (χ1) is 7.04. The summed E-state index contributed by atoms with van der Waals surface area (Å²) >= 11 is 0. The maximum absolute atomic E-state index is 11.8. The summed E-state index contributed by atoms with van der Waals surface area (Å²) in [7, 11) is 0. The largest absolute Gasteiger partial charge is 0.446 e. The fourth-order valence-corrected chi connectivity index (χ4v) is 1.39. The lowest BCUT2D eigenvalue weighted by atomic mass is 9.95. The van der Waals surface area contributed by atoms with Gasteiger partial charge < -0.3 is 9.57 Å². The molecule has 2 atom stereocenters. The Morgan fingerprint density at radius 2 is 2.53 bits per heavy atom. The van der Waals surface area contributed by atoms with Gasteiger partial charge in [0.25, 0.3) is 0 Å². The Morgan fingerprint density at radius 1 is 1.87 bits per heavy atom. The fraction of sp³-hybridized carbons (Fsp3) is 0.636. The van der Waals surface area contributed by atoms with Crippen LogP contribution in [0, 0.1) is 12.3 Å². The third kappa shape index (κ3) is 2.30. The zero-order valence-corrected chi connectivity index (χ0v) is 9.24. The van der Waals surface area contributed by atoms with Crippen molar-refractivity contribution < 1.29 is 14.4 Å². The number of hydrogen-bond donors (Lipinski definition) is 0. The van der Waals surface area contributed by atoms with Crippen molar-refractivity contribution in [3.05, 3.63) is 0 Å². The van der Waals surface area contributed by atoms with Gasteiger partial charge in [-0.05, 0) is 20.3 Å². The van der Waals surface area contributed by atoms with Crippen molar-refractivity contribution in [3.63, 3.8) is 0 Å². The van der Waals surface area contributed by atoms with Crippen LogP contribution in [0.3, 0.4) is 0 Å². The van der Waals surface area contributed by atoms with Crippen LogP contribution >= 0.6 is 0 Å². The molecule has 0 saturated heterocycles. The molecule has 2 unspecified atom stereocenters. The van der Waals surface area contributed by atoms with Gasteiger partial charge in [0.1, 0.15) is 0 Å². The van der Waals surface area contributed by atoms with Crippen LogP contribution in [0.1, 0.15) is 33.6 Å². The number of nitrogens with zero attached hydrogens (tertiary/aromatic N) is 1. The van der Waals surface area contributed by atoms with Gasteiger partial charge in [0, 0.05) is 6.42 Å². The number of ether oxygens (including phenoxy) is 1. The summed E-state index contributed by atoms with van der Waals surface area (Å²) in [6.07, 6.45) is 5.59. The van der Waals surface area contributed by atoms with E-state index in [4.69, 9.17) is 16.0 Å². The van der Waals surface area contributed by atoms with E-state index in [1.165, 1.54) is 0 Å². The van der Waals surface area contributed by atoms with E-state index in [1.54, 1.807) is 6.92 Å². The molecule has 82 valence electrons. The second-order valence-electron chi connectivity index (χ2n) is 3.66. The average molecular weight is 209 g/mol. The molecule has 0 bridgehead atoms. The van der Waals surface area contributed by atoms with Gasteiger partial charge in [-0.25, -0.2) is 4.79 Å². The summed E-state index contributed by atoms with van der Waals surface area (Å²) in [5, 5.41) is 3.78. The van der Waals surface area contributed by atoms with Crippen molar-refractivity contribution in [2.45, 2.75) is 45.3 Å². The third-order valence-electron chi connectivity index (χ3n) is 2.38. The Morgan fingerprint density at radius 3 is 2.93 bits per heavy atom. The molecule has 4 heteroatoms. The summed E-state index contributed by atoms with van der Waals surface area (Å²) in [6.45, 7) is 5.31. The topological polar surface area (TPSA) is 47.9 Å². The Kier molecular flexibility index (Phi) is 3.35. The normalized spacial score (nSPS) is 26.1. The molecular weight excluding hydrogens is 194 g/mol. The molecule has 1 aliphatic heterocycles. The predicted octanol–water partition coefficient (Wildman–Crippen LogP) is 1.50. The lowest BCUT2D eigenvalue weighted by Gasteiger charge is -2.23. The molecule has 0 amide bonds. The zero-order chi connectivity index (χ0) is 11.5. The maximum atomic E-state index is 11.8. The predicted molar refractivity (Wildman–Crippen MR) is 56.2 cm³/mol. The quantitative estimate of drug-likeness (QED) is 0.522. The van der Waals surface area contributed by atoms with Crippen molar-refractivity contribution in [1.82, 2.24) is 0 Å². The van der Waals surface area contributed by atoms with E-state index in [9.17, 15) is 4.79 Å². The number of terminal acetylenes is 1. The van der Waals surface area contributed by atoms with Crippen LogP contribution in [-0.4, -0.2) is 23.4 Å². The monoisotopic (exact) mass is 209 g/mol. The van der Waals surface area contributed by atoms with Crippen LogP contribution in [0.4, 0.5) is 0 Å². The van der Waals surface area contributed by atoms with Gasteiger partial charge in [-0.15, -0.1) is 6.42 Å². The van der Waals surface area contributed by atoms with Gasteiger partial charge in [-0.3, -0.25) is 0 Å². The minimum Gasteiger partial charge on any atom is -0.446 e. The minimum atomic E-state index is -0.963. The molecule has 0 N–H and O–H groups in total. The highest BCUT2D eigenvalue weighted by atomic mass is 16.7. The molecule has 0 saturated carbocycles. The Hall–Kier alpha value is -1.50. The maximum Gasteiger partial charge on any atom is 0.354 e. The second-order valence-corrected chi connectivity index (χ2v) is 3.66. The van der Waals surface area contributed by atoms with Crippen LogP contribution in [0.25, 0.3) is 0 Å². The number of esters is 1. The second kappa shape index (κ2) is 4.35. The number of carbonyl (C=O) groups excluding carboxylic acids is 1. The molecule has 0 aliphatic carbocycles. The molecule has 0 radical (unpaired) electrons. The van der Waals surface area contributed by atoms with E-state index < -0.39 is 17.7 Å². The molecule has 4 nitrogen and oxygen atoms in total. The number of rotatable bonds is 3. The van der Waals surface area contributed by atoms with Crippen LogP contribution < -0.4 is 0 Å². The number of hydrogen-bond acceptors (Lipinski definition) is 4. The van der Waals surface area contributed by atoms with Crippen molar-refractivity contribution in [2.24, 2.45) is 5.16 Å². The molecule has 0 spiro atoms. The smallest absolute Gasteiger partial charge is 0.354 e. The van der Waals surface area contributed by atoms with Gasteiger partial charge in [-0.2, -0.15) is 0 Å². The van der Waals surface area contributed by atoms with E-state index in [-0.39, 0.29) is 0 Å². The molecule has 1 heterocycles. The van der Waals surface area contributed by atoms with Crippen molar-refractivity contribution >= 4 is 11.7 Å². The minimum absolute atomic E-state index is 0.434. The van der Waals surface area contributed by atoms with E-state index in [2.05, 4.69) is 11.1 Å². The first-order valence-electron chi connectivity index (χ1n) is 4.93. The zero-order valence-electron chi connectivity index (χ0n) is 9.24. The highest BCUT2D eigenvalue weighted by Gasteiger charge is 2.45. The molecule has 1 rings (SSSR count). The van der Waals surface area contributed by atoms with Crippen molar-refractivity contribution in [3.8, 4) is 12.3 Å². The molecular formula is C11H15NO3. The summed E-state index contributed by atoms with van der Waals surface area (Å²) in [5.74, 6) is 1.90. The molecule has 0 fully saturated rings. The van der Waals surface area contributed by atoms with Gasteiger partial charge in [-0.1, -0.05) is 18.0 Å². The third-order valence-corrected chi connectivity index (χ3v) is 2.38. The fourth-order valence-electron chi connectivity index (χ4n) is 1.39. The van der Waals surface area contributed by atoms with E-state index in [0.717, 1.165) is 5.71 Å². The van der Waals surface area contributed by atoms with Crippen molar-refractivity contribution in [2.75, 3.05) is 0 Å². The standard InChI is InChI=1S/C11H15NO3/c1-5-9(4)14-10(13)11(6-2)7-8(3)12-15-11/h1,9H,6-7H2,2-4H3. The molecule has 0 aromatic heterocycles. The van der Waals surface area contributed by atoms with E-state index in [0.29, 0.717) is 12.8 Å². The SMILES string of the molecule is C#CC(C)OC(=O)C1(CC)CC(C)=NO1. The number of oxime groups is 1. The molecule has 0 aromatic rings. The number of carbonyl (C=O) groups is 1. The Bertz CT molecular complexity index is 329. The lowest BCUT2D eigenvalue weighted by Crippen LogP contribution is -2.41. The summed E-state index contributed by atoms with van der Waals surface area (Å²) in [4.78, 5) is 17.0. The molecule has 0 aromatic carbocycles. The summed E-state index contributed by atoms with van der Waals surface area (Å²) in [5.41, 5.74) is -0.169. The van der Waals surface area contributed by atoms with Crippen molar-refractivity contribution in [1.29, 1.82) is 0 Å². The van der Waals surface area contributed by atoms with E-state index >= 15 is 0 Å². The van der Waals surface area contributed by atoms with Crippen LogP contribution in [0.15, 0.2) is 5.16 Å². The summed E-state index contributed by atoms with van der Waals surface area (Å²) in [6, 6.07) is 0. The van der Waals surface area contributed by atoms with Crippen LogP contribution in [0.2, 0.25) is 0 Å². The van der Waals surface area contributed by atoms with Crippen LogP contribution in [-0.2, 0) is 14.4 Å². The Labute approximate surface area is 89.6 Å². The van der Waals surface area contributed by atoms with E-state index in [1.807, 2.05) is 13.8 Å². The summed E-state index contributed by atoms with van der Waals surface area (Å²) < 4.78 is 5.05. The highest BCUT2D eigenvalue weighted by molar-refractivity contribution is 5.92. The van der Waals surface area contributed by atoms with Gasteiger partial charge in [0.15, 0.2) is 6.10 Å². The lowest BCUT2D eigenvalue weighted by molar-refractivity contribution is -0.172. The first-order valence-corrected chi connectivity index (χ1v) is 4.93. The average Bonchev–Trinajstić information content (AvgIpc) is 2.61.